The second-order valence-electron chi connectivity index (χ2n) is 5.48. The summed E-state index contributed by atoms with van der Waals surface area (Å²) in [5.41, 5.74) is 3.27. The van der Waals surface area contributed by atoms with E-state index in [1.807, 2.05) is 42.1 Å². The molecule has 0 atom stereocenters. The lowest BCUT2D eigenvalue weighted by atomic mass is 10.1. The monoisotopic (exact) mass is 308 g/mol. The van der Waals surface area contributed by atoms with Crippen LogP contribution in [0.15, 0.2) is 54.9 Å². The fourth-order valence-electron chi connectivity index (χ4n) is 2.58. The Bertz CT molecular complexity index is 809. The van der Waals surface area contributed by atoms with Crippen LogP contribution in [0.1, 0.15) is 11.1 Å². The van der Waals surface area contributed by atoms with E-state index >= 15 is 0 Å². The first-order chi connectivity index (χ1) is 11.2. The first-order valence-corrected chi connectivity index (χ1v) is 7.52. The Hall–Kier alpha value is -2.75. The Morgan fingerprint density at radius 3 is 2.65 bits per heavy atom. The van der Waals surface area contributed by atoms with E-state index in [0.29, 0.717) is 18.1 Å². The van der Waals surface area contributed by atoms with Gasteiger partial charge in [0.25, 0.3) is 0 Å². The van der Waals surface area contributed by atoms with Crippen LogP contribution in [-0.2, 0) is 13.7 Å². The van der Waals surface area contributed by atoms with Crippen molar-refractivity contribution in [1.29, 1.82) is 0 Å². The minimum absolute atomic E-state index is 0.486. The summed E-state index contributed by atoms with van der Waals surface area (Å²) in [5, 5.41) is 0. The van der Waals surface area contributed by atoms with Crippen LogP contribution in [0, 0.1) is 6.92 Å². The highest BCUT2D eigenvalue weighted by Crippen LogP contribution is 2.37. The van der Waals surface area contributed by atoms with Crippen LogP contribution in [0.25, 0.3) is 11.4 Å². The van der Waals surface area contributed by atoms with Gasteiger partial charge in [0.1, 0.15) is 12.4 Å². The van der Waals surface area contributed by atoms with E-state index in [1.165, 1.54) is 5.56 Å². The van der Waals surface area contributed by atoms with Crippen molar-refractivity contribution in [2.75, 3.05) is 7.11 Å². The summed E-state index contributed by atoms with van der Waals surface area (Å²) in [4.78, 5) is 4.42. The summed E-state index contributed by atoms with van der Waals surface area (Å²) in [5.74, 6) is 2.27. The molecule has 3 rings (SSSR count). The highest BCUT2D eigenvalue weighted by Gasteiger charge is 2.15. The van der Waals surface area contributed by atoms with Crippen LogP contribution in [-0.4, -0.2) is 16.7 Å². The summed E-state index contributed by atoms with van der Waals surface area (Å²) in [6.45, 7) is 2.56. The van der Waals surface area contributed by atoms with Crippen LogP contribution >= 0.6 is 0 Å². The molecule has 4 nitrogen and oxygen atoms in total. The minimum atomic E-state index is 0.486. The third-order valence-electron chi connectivity index (χ3n) is 3.73. The van der Waals surface area contributed by atoms with E-state index in [4.69, 9.17) is 9.47 Å². The second kappa shape index (κ2) is 6.57. The van der Waals surface area contributed by atoms with Gasteiger partial charge >= 0.3 is 0 Å². The van der Waals surface area contributed by atoms with Crippen molar-refractivity contribution in [2.24, 2.45) is 7.05 Å². The van der Waals surface area contributed by atoms with Gasteiger partial charge in [-0.2, -0.15) is 0 Å². The first kappa shape index (κ1) is 15.2. The molecule has 0 saturated heterocycles. The molecule has 3 aromatic rings. The Kier molecular flexibility index (Phi) is 4.33. The molecule has 4 heteroatoms. The van der Waals surface area contributed by atoms with Gasteiger partial charge in [-0.1, -0.05) is 35.9 Å². The average Bonchev–Trinajstić information content (AvgIpc) is 2.98. The quantitative estimate of drug-likeness (QED) is 0.715. The summed E-state index contributed by atoms with van der Waals surface area (Å²) in [7, 11) is 3.61. The minimum Gasteiger partial charge on any atom is -0.493 e. The number of benzene rings is 2. The number of hydrogen-bond acceptors (Lipinski definition) is 3. The molecule has 0 aliphatic carbocycles. The Balaban J connectivity index is 1.95. The van der Waals surface area contributed by atoms with Crippen molar-refractivity contribution in [3.8, 4) is 22.9 Å². The number of hydrogen-bond donors (Lipinski definition) is 0. The molecule has 23 heavy (non-hydrogen) atoms. The standard InChI is InChI=1S/C19H20N2O2/c1-14-6-4-7-15(12-14)13-23-18-16(8-5-9-17(18)22-3)19-20-10-11-21(19)2/h4-12H,13H2,1-3H3. The maximum absolute atomic E-state index is 6.10. The molecule has 0 aliphatic heterocycles. The lowest BCUT2D eigenvalue weighted by molar-refractivity contribution is 0.285. The van der Waals surface area contributed by atoms with Gasteiger partial charge in [-0.15, -0.1) is 0 Å². The molecule has 0 amide bonds. The van der Waals surface area contributed by atoms with Gasteiger partial charge in [0.2, 0.25) is 0 Å². The molecule has 118 valence electrons. The molecular weight excluding hydrogens is 288 g/mol. The highest BCUT2D eigenvalue weighted by atomic mass is 16.5. The number of rotatable bonds is 5. The number of aryl methyl sites for hydroxylation is 2. The van der Waals surface area contributed by atoms with Gasteiger partial charge in [0.15, 0.2) is 11.5 Å². The van der Waals surface area contributed by atoms with Gasteiger partial charge in [-0.05, 0) is 24.6 Å². The van der Waals surface area contributed by atoms with Gasteiger partial charge in [0.05, 0.1) is 12.7 Å². The molecule has 0 fully saturated rings. The SMILES string of the molecule is COc1cccc(-c2nccn2C)c1OCc1cccc(C)c1. The summed E-state index contributed by atoms with van der Waals surface area (Å²) in [6.07, 6.45) is 3.69. The van der Waals surface area contributed by atoms with Crippen LogP contribution in [0.2, 0.25) is 0 Å². The van der Waals surface area contributed by atoms with E-state index < -0.39 is 0 Å². The number of methoxy groups -OCH3 is 1. The lowest BCUT2D eigenvalue weighted by Crippen LogP contribution is -2.01. The van der Waals surface area contributed by atoms with Crippen molar-refractivity contribution in [2.45, 2.75) is 13.5 Å². The first-order valence-electron chi connectivity index (χ1n) is 7.52. The predicted octanol–water partition coefficient (Wildman–Crippen LogP) is 3.98. The van der Waals surface area contributed by atoms with Crippen LogP contribution in [0.5, 0.6) is 11.5 Å². The molecule has 0 bridgehead atoms. The van der Waals surface area contributed by atoms with Crippen LogP contribution in [0.3, 0.4) is 0 Å². The molecular formula is C19H20N2O2. The van der Waals surface area contributed by atoms with Crippen LogP contribution < -0.4 is 9.47 Å². The molecule has 0 unspecified atom stereocenters. The maximum atomic E-state index is 6.10. The van der Waals surface area contributed by atoms with Crippen molar-refractivity contribution >= 4 is 0 Å². The van der Waals surface area contributed by atoms with Gasteiger partial charge in [-0.25, -0.2) is 4.98 Å². The molecule has 1 aromatic heterocycles. The number of ether oxygens (including phenoxy) is 2. The molecule has 0 spiro atoms. The third-order valence-corrected chi connectivity index (χ3v) is 3.73. The van der Waals surface area contributed by atoms with Crippen molar-refractivity contribution in [3.63, 3.8) is 0 Å². The normalized spacial score (nSPS) is 10.6. The molecule has 0 saturated carbocycles. The summed E-state index contributed by atoms with van der Waals surface area (Å²) >= 11 is 0. The zero-order valence-electron chi connectivity index (χ0n) is 13.6. The van der Waals surface area contributed by atoms with Crippen molar-refractivity contribution in [1.82, 2.24) is 9.55 Å². The molecule has 0 radical (unpaired) electrons. The lowest BCUT2D eigenvalue weighted by Gasteiger charge is -2.15. The van der Waals surface area contributed by atoms with Gasteiger partial charge in [0, 0.05) is 19.4 Å². The predicted molar refractivity (Wildman–Crippen MR) is 90.7 cm³/mol. The number of imidazole rings is 1. The zero-order valence-corrected chi connectivity index (χ0v) is 13.6. The Morgan fingerprint density at radius 1 is 1.13 bits per heavy atom. The number of aromatic nitrogens is 2. The number of nitrogens with zero attached hydrogens (tertiary/aromatic N) is 2. The zero-order chi connectivity index (χ0) is 16.2. The van der Waals surface area contributed by atoms with Crippen molar-refractivity contribution in [3.05, 3.63) is 66.0 Å². The summed E-state index contributed by atoms with van der Waals surface area (Å²) in [6, 6.07) is 14.1. The molecule has 0 aliphatic rings. The fraction of sp³-hybridized carbons (Fsp3) is 0.211. The highest BCUT2D eigenvalue weighted by molar-refractivity contribution is 5.69. The Morgan fingerprint density at radius 2 is 1.96 bits per heavy atom. The maximum Gasteiger partial charge on any atom is 0.172 e. The van der Waals surface area contributed by atoms with Crippen LogP contribution in [0.4, 0.5) is 0 Å². The molecule has 0 N–H and O–H groups in total. The van der Waals surface area contributed by atoms with E-state index in [0.717, 1.165) is 17.0 Å². The van der Waals surface area contributed by atoms with E-state index in [9.17, 15) is 0 Å². The van der Waals surface area contributed by atoms with Gasteiger partial charge in [-0.3, -0.25) is 0 Å². The van der Waals surface area contributed by atoms with Crippen molar-refractivity contribution < 1.29 is 9.47 Å². The smallest absolute Gasteiger partial charge is 0.172 e. The summed E-state index contributed by atoms with van der Waals surface area (Å²) < 4.78 is 13.5. The molecule has 1 heterocycles. The Labute approximate surface area is 136 Å². The van der Waals surface area contributed by atoms with E-state index in [2.05, 4.69) is 30.1 Å². The number of para-hydroxylation sites is 1. The molecule has 2 aromatic carbocycles. The fourth-order valence-corrected chi connectivity index (χ4v) is 2.58. The van der Waals surface area contributed by atoms with E-state index in [-0.39, 0.29) is 0 Å². The second-order valence-corrected chi connectivity index (χ2v) is 5.48. The topological polar surface area (TPSA) is 36.3 Å². The average molecular weight is 308 g/mol. The van der Waals surface area contributed by atoms with Gasteiger partial charge < -0.3 is 14.0 Å². The van der Waals surface area contributed by atoms with E-state index in [1.54, 1.807) is 13.3 Å². The third kappa shape index (κ3) is 3.21. The largest absolute Gasteiger partial charge is 0.493 e.